The van der Waals surface area contributed by atoms with E-state index in [1.165, 1.54) is 25.6 Å². The summed E-state index contributed by atoms with van der Waals surface area (Å²) in [6, 6.07) is 20.0. The summed E-state index contributed by atoms with van der Waals surface area (Å²) in [7, 11) is 3.08. The van der Waals surface area contributed by atoms with E-state index in [9.17, 15) is 9.18 Å². The van der Waals surface area contributed by atoms with Crippen LogP contribution >= 0.6 is 0 Å². The number of nitrogens with zero attached hydrogens (tertiary/aromatic N) is 2. The van der Waals surface area contributed by atoms with Gasteiger partial charge in [-0.15, -0.1) is 0 Å². The van der Waals surface area contributed by atoms with E-state index in [4.69, 9.17) is 9.47 Å². The van der Waals surface area contributed by atoms with Crippen LogP contribution < -0.4 is 20.1 Å². The zero-order valence-electron chi connectivity index (χ0n) is 18.0. The lowest BCUT2D eigenvalue weighted by Gasteiger charge is -2.12. The Bertz CT molecular complexity index is 1300. The Balaban J connectivity index is 1.52. The van der Waals surface area contributed by atoms with Crippen molar-refractivity contribution in [3.63, 3.8) is 0 Å². The average Bonchev–Trinajstić information content (AvgIpc) is 2.84. The molecule has 3 aromatic carbocycles. The van der Waals surface area contributed by atoms with E-state index in [0.717, 1.165) is 0 Å². The third-order valence-corrected chi connectivity index (χ3v) is 4.84. The minimum Gasteiger partial charge on any atom is -0.497 e. The number of anilines is 3. The van der Waals surface area contributed by atoms with E-state index >= 15 is 0 Å². The Labute approximate surface area is 190 Å². The van der Waals surface area contributed by atoms with Crippen molar-refractivity contribution < 1.29 is 18.7 Å². The standard InChI is InChI=1S/C25H21FN4O3/c1-32-20-9-10-21(23(13-20)33-2)30-25(31)17-6-4-8-19(12-17)29-24-14-22(27-15-28-24)16-5-3-7-18(26)11-16/h3-15H,1-2H3,(H,30,31)(H,27,28,29). The highest BCUT2D eigenvalue weighted by Gasteiger charge is 2.12. The molecule has 0 fully saturated rings. The molecule has 0 saturated carbocycles. The first kappa shape index (κ1) is 21.8. The number of halogens is 1. The molecule has 0 atom stereocenters. The second-order valence-corrected chi connectivity index (χ2v) is 7.02. The maximum absolute atomic E-state index is 13.6. The molecule has 0 saturated heterocycles. The van der Waals surface area contributed by atoms with Crippen molar-refractivity contribution in [3.05, 3.63) is 90.5 Å². The summed E-state index contributed by atoms with van der Waals surface area (Å²) in [4.78, 5) is 21.3. The maximum Gasteiger partial charge on any atom is 0.255 e. The number of rotatable bonds is 7. The van der Waals surface area contributed by atoms with Crippen LogP contribution in [-0.4, -0.2) is 30.1 Å². The smallest absolute Gasteiger partial charge is 0.255 e. The van der Waals surface area contributed by atoms with Gasteiger partial charge in [0.15, 0.2) is 0 Å². The predicted molar refractivity (Wildman–Crippen MR) is 125 cm³/mol. The molecule has 1 amide bonds. The van der Waals surface area contributed by atoms with Crippen LogP contribution in [0.2, 0.25) is 0 Å². The van der Waals surface area contributed by atoms with Crippen molar-refractivity contribution in [2.45, 2.75) is 0 Å². The van der Waals surface area contributed by atoms with Crippen molar-refractivity contribution in [2.24, 2.45) is 0 Å². The second kappa shape index (κ2) is 9.78. The molecule has 7 nitrogen and oxygen atoms in total. The van der Waals surface area contributed by atoms with Crippen LogP contribution in [0.5, 0.6) is 11.5 Å². The Morgan fingerprint density at radius 3 is 2.55 bits per heavy atom. The van der Waals surface area contributed by atoms with Gasteiger partial charge >= 0.3 is 0 Å². The molecule has 0 spiro atoms. The van der Waals surface area contributed by atoms with E-state index in [2.05, 4.69) is 20.6 Å². The summed E-state index contributed by atoms with van der Waals surface area (Å²) in [5, 5.41) is 6.01. The van der Waals surface area contributed by atoms with Gasteiger partial charge < -0.3 is 20.1 Å². The average molecular weight is 444 g/mol. The molecule has 0 bridgehead atoms. The monoisotopic (exact) mass is 444 g/mol. The molecule has 4 aromatic rings. The summed E-state index contributed by atoms with van der Waals surface area (Å²) >= 11 is 0. The predicted octanol–water partition coefficient (Wildman–Crippen LogP) is 5.30. The van der Waals surface area contributed by atoms with Crippen LogP contribution in [0.3, 0.4) is 0 Å². The Hall–Kier alpha value is -4.46. The third kappa shape index (κ3) is 5.24. The van der Waals surface area contributed by atoms with Crippen molar-refractivity contribution in [1.29, 1.82) is 0 Å². The lowest BCUT2D eigenvalue weighted by atomic mass is 10.1. The summed E-state index contributed by atoms with van der Waals surface area (Å²) in [6.07, 6.45) is 1.40. The van der Waals surface area contributed by atoms with Crippen LogP contribution in [0.15, 0.2) is 79.1 Å². The molecule has 33 heavy (non-hydrogen) atoms. The SMILES string of the molecule is COc1ccc(NC(=O)c2cccc(Nc3cc(-c4cccc(F)c4)ncn3)c2)c(OC)c1. The van der Waals surface area contributed by atoms with Crippen LogP contribution in [0.1, 0.15) is 10.4 Å². The van der Waals surface area contributed by atoms with Gasteiger partial charge in [0.2, 0.25) is 0 Å². The van der Waals surface area contributed by atoms with E-state index < -0.39 is 0 Å². The van der Waals surface area contributed by atoms with Gasteiger partial charge in [-0.05, 0) is 42.5 Å². The number of methoxy groups -OCH3 is 2. The number of ether oxygens (including phenoxy) is 2. The maximum atomic E-state index is 13.6. The van der Waals surface area contributed by atoms with Crippen molar-refractivity contribution in [2.75, 3.05) is 24.9 Å². The van der Waals surface area contributed by atoms with Crippen molar-refractivity contribution in [1.82, 2.24) is 9.97 Å². The van der Waals surface area contributed by atoms with E-state index in [0.29, 0.717) is 45.5 Å². The van der Waals surface area contributed by atoms with Gasteiger partial charge in [0.1, 0.15) is 29.5 Å². The number of carbonyl (C=O) groups is 1. The lowest BCUT2D eigenvalue weighted by Crippen LogP contribution is -2.13. The van der Waals surface area contributed by atoms with Gasteiger partial charge in [0.25, 0.3) is 5.91 Å². The molecule has 1 aromatic heterocycles. The highest BCUT2D eigenvalue weighted by Crippen LogP contribution is 2.29. The fraction of sp³-hybridized carbons (Fsp3) is 0.0800. The molecule has 166 valence electrons. The van der Waals surface area contributed by atoms with Crippen molar-refractivity contribution in [3.8, 4) is 22.8 Å². The molecule has 2 N–H and O–H groups in total. The van der Waals surface area contributed by atoms with Gasteiger partial charge in [-0.25, -0.2) is 14.4 Å². The summed E-state index contributed by atoms with van der Waals surface area (Å²) in [5.74, 6) is 0.984. The summed E-state index contributed by atoms with van der Waals surface area (Å²) in [5.41, 5.74) is 2.84. The van der Waals surface area contributed by atoms with Gasteiger partial charge in [-0.3, -0.25) is 4.79 Å². The first-order chi connectivity index (χ1) is 16.1. The van der Waals surface area contributed by atoms with Crippen LogP contribution in [0, 0.1) is 5.82 Å². The lowest BCUT2D eigenvalue weighted by molar-refractivity contribution is 0.102. The molecule has 0 aliphatic heterocycles. The molecule has 0 radical (unpaired) electrons. The molecule has 0 aliphatic carbocycles. The molecule has 4 rings (SSSR count). The van der Waals surface area contributed by atoms with Crippen LogP contribution in [0.25, 0.3) is 11.3 Å². The molecular formula is C25H21FN4O3. The Morgan fingerprint density at radius 1 is 0.909 bits per heavy atom. The number of hydrogen-bond donors (Lipinski definition) is 2. The zero-order valence-corrected chi connectivity index (χ0v) is 18.0. The van der Waals surface area contributed by atoms with Gasteiger partial charge in [0, 0.05) is 28.9 Å². The van der Waals surface area contributed by atoms with E-state index in [-0.39, 0.29) is 11.7 Å². The number of hydrogen-bond acceptors (Lipinski definition) is 6. The zero-order chi connectivity index (χ0) is 23.2. The molecule has 1 heterocycles. The normalized spacial score (nSPS) is 10.4. The van der Waals surface area contributed by atoms with Crippen molar-refractivity contribution >= 4 is 23.1 Å². The Morgan fingerprint density at radius 2 is 1.76 bits per heavy atom. The number of amides is 1. The van der Waals surface area contributed by atoms with Crippen LogP contribution in [0.4, 0.5) is 21.6 Å². The summed E-state index contributed by atoms with van der Waals surface area (Å²) in [6.45, 7) is 0. The summed E-state index contributed by atoms with van der Waals surface area (Å²) < 4.78 is 24.1. The number of nitrogens with one attached hydrogen (secondary N) is 2. The molecule has 0 aliphatic rings. The third-order valence-electron chi connectivity index (χ3n) is 4.84. The molecule has 0 unspecified atom stereocenters. The Kier molecular flexibility index (Phi) is 6.45. The van der Waals surface area contributed by atoms with Gasteiger partial charge in [0.05, 0.1) is 25.6 Å². The molecular weight excluding hydrogens is 423 g/mol. The fourth-order valence-corrected chi connectivity index (χ4v) is 3.21. The highest BCUT2D eigenvalue weighted by molar-refractivity contribution is 6.05. The number of aromatic nitrogens is 2. The quantitative estimate of drug-likeness (QED) is 0.403. The number of benzene rings is 3. The minimum atomic E-state index is -0.340. The minimum absolute atomic E-state index is 0.301. The second-order valence-electron chi connectivity index (χ2n) is 7.02. The topological polar surface area (TPSA) is 85.4 Å². The first-order valence-electron chi connectivity index (χ1n) is 10.0. The highest BCUT2D eigenvalue weighted by atomic mass is 19.1. The van der Waals surface area contributed by atoms with Crippen LogP contribution in [-0.2, 0) is 0 Å². The van der Waals surface area contributed by atoms with Gasteiger partial charge in [-0.2, -0.15) is 0 Å². The largest absolute Gasteiger partial charge is 0.497 e. The molecule has 8 heteroatoms. The van der Waals surface area contributed by atoms with Gasteiger partial charge in [-0.1, -0.05) is 18.2 Å². The van der Waals surface area contributed by atoms with E-state index in [1.54, 1.807) is 61.7 Å². The fourth-order valence-electron chi connectivity index (χ4n) is 3.21. The first-order valence-corrected chi connectivity index (χ1v) is 10.0. The number of carbonyl (C=O) groups excluding carboxylic acids is 1. The van der Waals surface area contributed by atoms with E-state index in [1.807, 2.05) is 6.07 Å².